The van der Waals surface area contributed by atoms with E-state index in [0.717, 1.165) is 0 Å². The number of amides is 1. The van der Waals surface area contributed by atoms with Gasteiger partial charge in [-0.15, -0.1) is 12.4 Å². The Bertz CT molecular complexity index is 439. The smallest absolute Gasteiger partial charge is 0.337 e. The van der Waals surface area contributed by atoms with E-state index in [1.54, 1.807) is 18.2 Å². The molecule has 0 aliphatic carbocycles. The van der Waals surface area contributed by atoms with Crippen LogP contribution in [0.4, 0.5) is 5.69 Å². The highest BCUT2D eigenvalue weighted by Crippen LogP contribution is 2.11. The van der Waals surface area contributed by atoms with Gasteiger partial charge in [0.15, 0.2) is 0 Å². The molecule has 0 aliphatic heterocycles. The average molecular weight is 289 g/mol. The van der Waals surface area contributed by atoms with Crippen molar-refractivity contribution >= 4 is 30.0 Å². The summed E-state index contributed by atoms with van der Waals surface area (Å²) in [4.78, 5) is 22.9. The van der Waals surface area contributed by atoms with Gasteiger partial charge >= 0.3 is 5.97 Å². The lowest BCUT2D eigenvalue weighted by Crippen LogP contribution is -2.39. The molecule has 1 rings (SSSR count). The first-order valence-corrected chi connectivity index (χ1v) is 5.32. The van der Waals surface area contributed by atoms with E-state index < -0.39 is 12.0 Å². The molecule has 0 saturated heterocycles. The summed E-state index contributed by atoms with van der Waals surface area (Å²) in [5.41, 5.74) is 6.41. The van der Waals surface area contributed by atoms with Gasteiger partial charge in [-0.05, 0) is 18.2 Å². The van der Waals surface area contributed by atoms with Crippen LogP contribution in [0, 0.1) is 0 Å². The summed E-state index contributed by atoms with van der Waals surface area (Å²) in [7, 11) is 2.76. The molecule has 1 aromatic rings. The van der Waals surface area contributed by atoms with Crippen LogP contribution in [0.25, 0.3) is 0 Å². The summed E-state index contributed by atoms with van der Waals surface area (Å²) < 4.78 is 9.37. The Labute approximate surface area is 117 Å². The first-order valence-electron chi connectivity index (χ1n) is 5.32. The van der Waals surface area contributed by atoms with Crippen molar-refractivity contribution in [2.75, 3.05) is 26.1 Å². The van der Waals surface area contributed by atoms with Gasteiger partial charge in [-0.3, -0.25) is 4.79 Å². The number of halogens is 1. The zero-order valence-electron chi connectivity index (χ0n) is 10.7. The van der Waals surface area contributed by atoms with E-state index >= 15 is 0 Å². The molecule has 0 aromatic heterocycles. The van der Waals surface area contributed by atoms with Crippen molar-refractivity contribution in [2.45, 2.75) is 6.04 Å². The van der Waals surface area contributed by atoms with Gasteiger partial charge in [0.05, 0.1) is 19.3 Å². The number of carbonyl (C=O) groups is 2. The fourth-order valence-corrected chi connectivity index (χ4v) is 1.33. The van der Waals surface area contributed by atoms with Crippen molar-refractivity contribution in [2.24, 2.45) is 5.73 Å². The van der Waals surface area contributed by atoms with E-state index in [1.807, 2.05) is 0 Å². The lowest BCUT2D eigenvalue weighted by molar-refractivity contribution is -0.118. The molecular formula is C12H17ClN2O4. The summed E-state index contributed by atoms with van der Waals surface area (Å²) in [6, 6.07) is 5.66. The van der Waals surface area contributed by atoms with Gasteiger partial charge in [-0.1, -0.05) is 6.07 Å². The van der Waals surface area contributed by atoms with Crippen LogP contribution < -0.4 is 11.1 Å². The minimum atomic E-state index is -0.753. The fourth-order valence-electron chi connectivity index (χ4n) is 1.33. The number of anilines is 1. The third-order valence-corrected chi connectivity index (χ3v) is 2.23. The SMILES string of the molecule is COCC(N)C(=O)Nc1cccc(C(=O)OC)c1.Cl. The van der Waals surface area contributed by atoms with Crippen molar-refractivity contribution in [3.63, 3.8) is 0 Å². The van der Waals surface area contributed by atoms with Crippen molar-refractivity contribution in [3.05, 3.63) is 29.8 Å². The Kier molecular flexibility index (Phi) is 7.74. The third kappa shape index (κ3) is 5.25. The number of ether oxygens (including phenoxy) is 2. The molecule has 0 saturated carbocycles. The van der Waals surface area contributed by atoms with Gasteiger partial charge in [0.1, 0.15) is 6.04 Å². The maximum atomic E-state index is 11.6. The largest absolute Gasteiger partial charge is 0.465 e. The number of benzene rings is 1. The minimum absolute atomic E-state index is 0. The summed E-state index contributed by atoms with van der Waals surface area (Å²) in [6.45, 7) is 0.128. The highest BCUT2D eigenvalue weighted by Gasteiger charge is 2.14. The minimum Gasteiger partial charge on any atom is -0.465 e. The van der Waals surface area contributed by atoms with Crippen LogP contribution in [-0.2, 0) is 14.3 Å². The van der Waals surface area contributed by atoms with E-state index in [9.17, 15) is 9.59 Å². The van der Waals surface area contributed by atoms with Gasteiger partial charge in [-0.2, -0.15) is 0 Å². The van der Waals surface area contributed by atoms with Crippen LogP contribution in [0.5, 0.6) is 0 Å². The normalized spacial score (nSPS) is 11.1. The first-order chi connectivity index (χ1) is 8.58. The summed E-state index contributed by atoms with van der Waals surface area (Å²) in [5.74, 6) is -0.842. The highest BCUT2D eigenvalue weighted by molar-refractivity contribution is 5.96. The zero-order chi connectivity index (χ0) is 13.5. The molecule has 1 aromatic carbocycles. The Morgan fingerprint density at radius 3 is 2.63 bits per heavy atom. The lowest BCUT2D eigenvalue weighted by Gasteiger charge is -2.11. The van der Waals surface area contributed by atoms with Crippen molar-refractivity contribution < 1.29 is 19.1 Å². The zero-order valence-corrected chi connectivity index (χ0v) is 11.5. The molecular weight excluding hydrogens is 272 g/mol. The van der Waals surface area contributed by atoms with Gasteiger partial charge in [0, 0.05) is 12.8 Å². The number of carbonyl (C=O) groups excluding carboxylic acids is 2. The predicted octanol–water partition coefficient (Wildman–Crippen LogP) is 0.807. The molecule has 0 heterocycles. The van der Waals surface area contributed by atoms with E-state index in [0.29, 0.717) is 11.3 Å². The summed E-state index contributed by atoms with van der Waals surface area (Å²) in [5, 5.41) is 2.59. The molecule has 1 amide bonds. The molecule has 0 fully saturated rings. The van der Waals surface area contributed by atoms with E-state index in [1.165, 1.54) is 20.3 Å². The second-order valence-electron chi connectivity index (χ2n) is 3.62. The molecule has 6 nitrogen and oxygen atoms in total. The number of nitrogens with two attached hydrogens (primary N) is 1. The number of hydrogen-bond acceptors (Lipinski definition) is 5. The maximum absolute atomic E-state index is 11.6. The van der Waals surface area contributed by atoms with E-state index in [2.05, 4.69) is 10.1 Å². The highest BCUT2D eigenvalue weighted by atomic mass is 35.5. The Hall–Kier alpha value is -1.63. The van der Waals surface area contributed by atoms with Crippen LogP contribution in [0.3, 0.4) is 0 Å². The molecule has 1 atom stereocenters. The molecule has 0 spiro atoms. The van der Waals surface area contributed by atoms with Gasteiger partial charge < -0.3 is 20.5 Å². The van der Waals surface area contributed by atoms with Crippen molar-refractivity contribution in [1.82, 2.24) is 0 Å². The predicted molar refractivity (Wildman–Crippen MR) is 73.5 cm³/mol. The maximum Gasteiger partial charge on any atom is 0.337 e. The molecule has 0 bridgehead atoms. The quantitative estimate of drug-likeness (QED) is 0.782. The van der Waals surface area contributed by atoms with Crippen molar-refractivity contribution in [3.8, 4) is 0 Å². The first kappa shape index (κ1) is 17.4. The van der Waals surface area contributed by atoms with E-state index in [-0.39, 0.29) is 24.9 Å². The lowest BCUT2D eigenvalue weighted by atomic mass is 10.2. The number of esters is 1. The van der Waals surface area contributed by atoms with Gasteiger partial charge in [0.25, 0.3) is 0 Å². The van der Waals surface area contributed by atoms with Crippen LogP contribution in [0.2, 0.25) is 0 Å². The van der Waals surface area contributed by atoms with Gasteiger partial charge in [-0.25, -0.2) is 4.79 Å². The molecule has 0 radical (unpaired) electrons. The third-order valence-electron chi connectivity index (χ3n) is 2.23. The van der Waals surface area contributed by atoms with Crippen LogP contribution in [-0.4, -0.2) is 38.7 Å². The Balaban J connectivity index is 0.00000324. The second-order valence-corrected chi connectivity index (χ2v) is 3.62. The number of nitrogens with one attached hydrogen (secondary N) is 1. The number of methoxy groups -OCH3 is 2. The monoisotopic (exact) mass is 288 g/mol. The number of rotatable bonds is 5. The molecule has 3 N–H and O–H groups in total. The summed E-state index contributed by atoms with van der Waals surface area (Å²) >= 11 is 0. The molecule has 19 heavy (non-hydrogen) atoms. The fraction of sp³-hybridized carbons (Fsp3) is 0.333. The van der Waals surface area contributed by atoms with Crippen LogP contribution in [0.1, 0.15) is 10.4 Å². The average Bonchev–Trinajstić information content (AvgIpc) is 2.38. The Morgan fingerprint density at radius 1 is 1.37 bits per heavy atom. The standard InChI is InChI=1S/C12H16N2O4.ClH/c1-17-7-10(13)11(15)14-9-5-3-4-8(6-9)12(16)18-2;/h3-6,10H,7,13H2,1-2H3,(H,14,15);1H. The van der Waals surface area contributed by atoms with Crippen LogP contribution >= 0.6 is 12.4 Å². The molecule has 7 heteroatoms. The van der Waals surface area contributed by atoms with Gasteiger partial charge in [0.2, 0.25) is 5.91 Å². The molecule has 106 valence electrons. The number of hydrogen-bond donors (Lipinski definition) is 2. The van der Waals surface area contributed by atoms with E-state index in [4.69, 9.17) is 10.5 Å². The summed E-state index contributed by atoms with van der Waals surface area (Å²) in [6.07, 6.45) is 0. The topological polar surface area (TPSA) is 90.6 Å². The van der Waals surface area contributed by atoms with Crippen molar-refractivity contribution in [1.29, 1.82) is 0 Å². The van der Waals surface area contributed by atoms with Crippen LogP contribution in [0.15, 0.2) is 24.3 Å². The molecule has 1 unspecified atom stereocenters. The molecule has 0 aliphatic rings. The Morgan fingerprint density at radius 2 is 2.05 bits per heavy atom. The second kappa shape index (κ2) is 8.47.